The highest BCUT2D eigenvalue weighted by atomic mass is 16.7. The lowest BCUT2D eigenvalue weighted by molar-refractivity contribution is -0.301. The van der Waals surface area contributed by atoms with Gasteiger partial charge in [-0.1, -0.05) is 250 Å². The van der Waals surface area contributed by atoms with Gasteiger partial charge in [-0.2, -0.15) is 0 Å². The molecule has 0 spiro atoms. The molecule has 0 saturated carbocycles. The van der Waals surface area contributed by atoms with Crippen LogP contribution in [-0.2, 0) is 42.9 Å². The molecule has 0 aromatic rings. The maximum Gasteiger partial charge on any atom is 0.335 e. The number of carbonyl (C=O) groups excluding carboxylic acids is 3. The van der Waals surface area contributed by atoms with Crippen LogP contribution in [0.4, 0.5) is 0 Å². The fourth-order valence-electron chi connectivity index (χ4n) is 9.44. The molecule has 12 heteroatoms. The minimum atomic E-state index is -1.90. The molecule has 1 heterocycles. The minimum Gasteiger partial charge on any atom is -0.479 e. The summed E-state index contributed by atoms with van der Waals surface area (Å²) in [5, 5.41) is 31.5. The highest BCUT2D eigenvalue weighted by molar-refractivity contribution is 5.74. The maximum absolute atomic E-state index is 13.1. The van der Waals surface area contributed by atoms with Crippen molar-refractivity contribution in [2.75, 3.05) is 13.2 Å². The molecule has 0 amide bonds. The quantitative estimate of drug-likeness (QED) is 0.0228. The second-order valence-electron chi connectivity index (χ2n) is 21.4. The molecule has 6 atom stereocenters. The zero-order chi connectivity index (χ0) is 54.7. The molecule has 12 nitrogen and oxygen atoms in total. The number of allylic oxidation sites excluding steroid dienone is 6. The molecule has 0 aliphatic carbocycles. The van der Waals surface area contributed by atoms with Crippen LogP contribution in [0.25, 0.3) is 0 Å². The lowest BCUT2D eigenvalue weighted by Crippen LogP contribution is -2.61. The Balaban J connectivity index is 2.66. The zero-order valence-corrected chi connectivity index (χ0v) is 48.1. The van der Waals surface area contributed by atoms with Gasteiger partial charge in [-0.05, 0) is 57.8 Å². The maximum atomic E-state index is 13.1. The smallest absolute Gasteiger partial charge is 0.335 e. The second-order valence-corrected chi connectivity index (χ2v) is 21.4. The molecule has 0 aromatic carbocycles. The van der Waals surface area contributed by atoms with Gasteiger partial charge < -0.3 is 39.0 Å². The fraction of sp³-hybridized carbons (Fsp3) is 0.841. The third-order valence-corrected chi connectivity index (χ3v) is 14.2. The molecule has 436 valence electrons. The highest BCUT2D eigenvalue weighted by Crippen LogP contribution is 2.27. The summed E-state index contributed by atoms with van der Waals surface area (Å²) >= 11 is 0. The molecule has 1 aliphatic rings. The van der Waals surface area contributed by atoms with E-state index in [1.165, 1.54) is 135 Å². The summed E-state index contributed by atoms with van der Waals surface area (Å²) in [5.41, 5.74) is 0. The summed E-state index contributed by atoms with van der Waals surface area (Å²) in [5.74, 6) is -3.10. The molecule has 1 fully saturated rings. The first-order valence-electron chi connectivity index (χ1n) is 31.0. The normalized spacial score (nSPS) is 18.3. The minimum absolute atomic E-state index is 0.0649. The van der Waals surface area contributed by atoms with Crippen molar-refractivity contribution in [3.05, 3.63) is 36.5 Å². The van der Waals surface area contributed by atoms with Crippen molar-refractivity contribution >= 4 is 23.9 Å². The SMILES string of the molecule is CCCCC/C=C\C/C=C\C/C=C\CCCCCCCCC(=O)OCC(COC1OC(C(=O)O)C(O)C(O)C1OC(=O)CCCCCCCCCCCCCCC)OC(=O)CCCCCCCCCCCCCCC. The number of rotatable bonds is 53. The van der Waals surface area contributed by atoms with Crippen LogP contribution in [0.5, 0.6) is 0 Å². The van der Waals surface area contributed by atoms with Crippen LogP contribution in [-0.4, -0.2) is 89.2 Å². The number of carboxylic acid groups (broad SMARTS) is 1. The molecule has 75 heavy (non-hydrogen) atoms. The van der Waals surface area contributed by atoms with E-state index in [2.05, 4.69) is 57.2 Å². The van der Waals surface area contributed by atoms with Crippen LogP contribution in [0, 0.1) is 0 Å². The van der Waals surface area contributed by atoms with E-state index in [1.54, 1.807) is 0 Å². The summed E-state index contributed by atoms with van der Waals surface area (Å²) in [7, 11) is 0. The van der Waals surface area contributed by atoms with Crippen LogP contribution < -0.4 is 0 Å². The summed E-state index contributed by atoms with van der Waals surface area (Å²) < 4.78 is 28.5. The van der Waals surface area contributed by atoms with Crippen molar-refractivity contribution in [3.63, 3.8) is 0 Å². The number of carbonyl (C=O) groups is 4. The first-order valence-corrected chi connectivity index (χ1v) is 31.0. The van der Waals surface area contributed by atoms with Gasteiger partial charge in [0.1, 0.15) is 18.8 Å². The van der Waals surface area contributed by atoms with E-state index >= 15 is 0 Å². The zero-order valence-electron chi connectivity index (χ0n) is 48.1. The number of unbranched alkanes of at least 4 members (excludes halogenated alkanes) is 33. The average Bonchev–Trinajstić information content (AvgIpc) is 3.39. The van der Waals surface area contributed by atoms with Gasteiger partial charge in [-0.25, -0.2) is 4.79 Å². The van der Waals surface area contributed by atoms with E-state index in [9.17, 15) is 34.5 Å². The Morgan fingerprint density at radius 3 is 1.24 bits per heavy atom. The first kappa shape index (κ1) is 70.0. The highest BCUT2D eigenvalue weighted by Gasteiger charge is 2.50. The molecule has 0 bridgehead atoms. The molecule has 6 unspecified atom stereocenters. The Kier molecular flexibility index (Phi) is 48.2. The molecular weight excluding hydrogens is 949 g/mol. The summed E-state index contributed by atoms with van der Waals surface area (Å²) in [6.07, 6.45) is 48.2. The van der Waals surface area contributed by atoms with Crippen molar-refractivity contribution in [3.8, 4) is 0 Å². The van der Waals surface area contributed by atoms with E-state index in [1.807, 2.05) is 0 Å². The lowest BCUT2D eigenvalue weighted by atomic mass is 9.98. The van der Waals surface area contributed by atoms with Gasteiger partial charge in [-0.3, -0.25) is 14.4 Å². The number of aliphatic carboxylic acids is 1. The van der Waals surface area contributed by atoms with Gasteiger partial charge in [0.2, 0.25) is 0 Å². The number of aliphatic hydroxyl groups excluding tert-OH is 2. The second kappa shape index (κ2) is 51.7. The molecule has 3 N–H and O–H groups in total. The van der Waals surface area contributed by atoms with Gasteiger partial charge in [-0.15, -0.1) is 0 Å². The van der Waals surface area contributed by atoms with Crippen molar-refractivity contribution in [1.29, 1.82) is 0 Å². The van der Waals surface area contributed by atoms with Crippen LogP contribution in [0.2, 0.25) is 0 Å². The predicted molar refractivity (Wildman–Crippen MR) is 303 cm³/mol. The average molecular weight is 1060 g/mol. The summed E-state index contributed by atoms with van der Waals surface area (Å²) in [4.78, 5) is 51.1. The van der Waals surface area contributed by atoms with E-state index in [0.29, 0.717) is 19.3 Å². The molecule has 0 radical (unpaired) electrons. The fourth-order valence-corrected chi connectivity index (χ4v) is 9.44. The number of hydrogen-bond acceptors (Lipinski definition) is 11. The molecular formula is C63H112O12. The Hall–Kier alpha value is -3.06. The number of esters is 3. The molecule has 1 aliphatic heterocycles. The standard InChI is InChI=1S/C63H112O12/c1-4-7-10-13-16-19-22-25-26-27-28-29-30-33-34-37-40-43-46-49-55(64)71-52-54(73-56(65)50-47-44-41-38-35-31-23-20-17-14-11-8-5-2)53-72-63-61(59(68)58(67)60(75-63)62(69)70)74-57(66)51-48-45-42-39-36-32-24-21-18-15-12-9-6-3/h16,19,25-26,28-29,54,58-61,63,67-68H,4-15,17-18,20-24,27,30-53H2,1-3H3,(H,69,70)/b19-16-,26-25-,29-28-. The third-order valence-electron chi connectivity index (χ3n) is 14.2. The largest absolute Gasteiger partial charge is 0.479 e. The van der Waals surface area contributed by atoms with E-state index < -0.39 is 67.3 Å². The monoisotopic (exact) mass is 1060 g/mol. The van der Waals surface area contributed by atoms with Gasteiger partial charge in [0, 0.05) is 19.3 Å². The third kappa shape index (κ3) is 41.7. The molecule has 0 aromatic heterocycles. The van der Waals surface area contributed by atoms with Gasteiger partial charge >= 0.3 is 23.9 Å². The number of carboxylic acids is 1. The topological polar surface area (TPSA) is 175 Å². The van der Waals surface area contributed by atoms with Crippen molar-refractivity contribution in [2.45, 2.75) is 327 Å². The van der Waals surface area contributed by atoms with Crippen molar-refractivity contribution in [1.82, 2.24) is 0 Å². The Bertz CT molecular complexity index is 1450. The van der Waals surface area contributed by atoms with Crippen LogP contribution in [0.3, 0.4) is 0 Å². The van der Waals surface area contributed by atoms with Gasteiger partial charge in [0.05, 0.1) is 6.61 Å². The van der Waals surface area contributed by atoms with Crippen molar-refractivity contribution < 1.29 is 58.2 Å². The van der Waals surface area contributed by atoms with Crippen LogP contribution in [0.1, 0.15) is 290 Å². The summed E-state index contributed by atoms with van der Waals surface area (Å²) in [6.45, 7) is 5.98. The lowest BCUT2D eigenvalue weighted by Gasteiger charge is -2.40. The van der Waals surface area contributed by atoms with E-state index in [4.69, 9.17) is 23.7 Å². The number of aliphatic hydroxyl groups is 2. The van der Waals surface area contributed by atoms with Crippen LogP contribution in [0.15, 0.2) is 36.5 Å². The Morgan fingerprint density at radius 1 is 0.440 bits per heavy atom. The molecule has 1 rings (SSSR count). The van der Waals surface area contributed by atoms with Crippen molar-refractivity contribution in [2.24, 2.45) is 0 Å². The Labute approximate surface area is 457 Å². The summed E-state index contributed by atoms with van der Waals surface area (Å²) in [6, 6.07) is 0. The predicted octanol–water partition coefficient (Wildman–Crippen LogP) is 16.0. The van der Waals surface area contributed by atoms with Gasteiger partial charge in [0.15, 0.2) is 24.6 Å². The van der Waals surface area contributed by atoms with Gasteiger partial charge in [0.25, 0.3) is 0 Å². The van der Waals surface area contributed by atoms with E-state index in [-0.39, 0.29) is 25.9 Å². The number of ether oxygens (including phenoxy) is 5. The van der Waals surface area contributed by atoms with Crippen LogP contribution >= 0.6 is 0 Å². The van der Waals surface area contributed by atoms with E-state index in [0.717, 1.165) is 96.3 Å². The number of hydrogen-bond donors (Lipinski definition) is 3. The first-order chi connectivity index (χ1) is 36.6. The Morgan fingerprint density at radius 2 is 0.800 bits per heavy atom. The molecule has 1 saturated heterocycles.